The number of benzene rings is 1. The average molecular weight is 260 g/mol. The van der Waals surface area contributed by atoms with Gasteiger partial charge < -0.3 is 10.2 Å². The summed E-state index contributed by atoms with van der Waals surface area (Å²) in [5.41, 5.74) is 2.37. The number of carbonyl (C=O) groups is 2. The van der Waals surface area contributed by atoms with Gasteiger partial charge in [0.15, 0.2) is 0 Å². The van der Waals surface area contributed by atoms with Crippen molar-refractivity contribution in [2.45, 2.75) is 32.7 Å². The highest BCUT2D eigenvalue weighted by Gasteiger charge is 2.30. The molecule has 1 fully saturated rings. The Labute approximate surface area is 113 Å². The summed E-state index contributed by atoms with van der Waals surface area (Å²) in [4.78, 5) is 24.4. The van der Waals surface area contributed by atoms with Crippen LogP contribution in [0.2, 0.25) is 0 Å². The highest BCUT2D eigenvalue weighted by atomic mass is 16.2. The molecule has 1 atom stereocenters. The van der Waals surface area contributed by atoms with Crippen LogP contribution in [-0.4, -0.2) is 29.8 Å². The Kier molecular flexibility index (Phi) is 3.88. The largest absolute Gasteiger partial charge is 0.329 e. The minimum atomic E-state index is -0.159. The first-order valence-corrected chi connectivity index (χ1v) is 6.62. The summed E-state index contributed by atoms with van der Waals surface area (Å²) in [7, 11) is 0. The lowest BCUT2D eigenvalue weighted by atomic mass is 9.99. The van der Waals surface area contributed by atoms with E-state index < -0.39 is 0 Å². The van der Waals surface area contributed by atoms with E-state index in [0.717, 1.165) is 5.56 Å². The van der Waals surface area contributed by atoms with Crippen molar-refractivity contribution in [3.8, 4) is 0 Å². The highest BCUT2D eigenvalue weighted by Crippen LogP contribution is 2.22. The molecule has 1 aliphatic rings. The first kappa shape index (κ1) is 13.6. The molecule has 0 aliphatic carbocycles. The number of Topliss-reactive ketones (excluding diaryl/α,β-unsaturated/α-hetero) is 1. The number of urea groups is 1. The second-order valence-corrected chi connectivity index (χ2v) is 5.41. The van der Waals surface area contributed by atoms with Crippen molar-refractivity contribution in [3.05, 3.63) is 35.4 Å². The van der Waals surface area contributed by atoms with E-state index >= 15 is 0 Å². The van der Waals surface area contributed by atoms with Gasteiger partial charge in [-0.3, -0.25) is 4.79 Å². The minimum Gasteiger partial charge on any atom is -0.329 e. The van der Waals surface area contributed by atoms with E-state index in [-0.39, 0.29) is 24.4 Å². The smallest absolute Gasteiger partial charge is 0.318 e. The number of hydrogen-bond donors (Lipinski definition) is 1. The van der Waals surface area contributed by atoms with Gasteiger partial charge in [0.05, 0.1) is 12.6 Å². The lowest BCUT2D eigenvalue weighted by Gasteiger charge is -2.13. The van der Waals surface area contributed by atoms with Gasteiger partial charge in [0.25, 0.3) is 0 Å². The molecular weight excluding hydrogens is 240 g/mol. The SMILES string of the molecule is CC(=O)CN1CC(c2ccc(C(C)C)cc2)NC1=O. The molecule has 2 rings (SSSR count). The predicted octanol–water partition coefficient (Wildman–Crippen LogP) is 2.47. The van der Waals surface area contributed by atoms with Crippen LogP contribution in [0.15, 0.2) is 24.3 Å². The van der Waals surface area contributed by atoms with Crippen LogP contribution in [0.3, 0.4) is 0 Å². The number of nitrogens with one attached hydrogen (secondary N) is 1. The third kappa shape index (κ3) is 3.13. The van der Waals surface area contributed by atoms with Crippen molar-refractivity contribution in [2.75, 3.05) is 13.1 Å². The molecule has 102 valence electrons. The van der Waals surface area contributed by atoms with E-state index in [4.69, 9.17) is 0 Å². The van der Waals surface area contributed by atoms with Gasteiger partial charge in [0, 0.05) is 6.54 Å². The van der Waals surface area contributed by atoms with Crippen LogP contribution in [0.1, 0.15) is 43.9 Å². The molecular formula is C15H20N2O2. The summed E-state index contributed by atoms with van der Waals surface area (Å²) in [6, 6.07) is 8.12. The molecule has 0 saturated carbocycles. The van der Waals surface area contributed by atoms with E-state index in [9.17, 15) is 9.59 Å². The zero-order valence-electron chi connectivity index (χ0n) is 11.6. The summed E-state index contributed by atoms with van der Waals surface area (Å²) in [5, 5.41) is 2.91. The summed E-state index contributed by atoms with van der Waals surface area (Å²) in [6.45, 7) is 6.55. The average Bonchev–Trinajstić information content (AvgIpc) is 2.70. The molecule has 4 nitrogen and oxygen atoms in total. The fraction of sp³-hybridized carbons (Fsp3) is 0.467. The fourth-order valence-corrected chi connectivity index (χ4v) is 2.30. The predicted molar refractivity (Wildman–Crippen MR) is 74.1 cm³/mol. The van der Waals surface area contributed by atoms with Crippen LogP contribution in [0.5, 0.6) is 0 Å². The quantitative estimate of drug-likeness (QED) is 0.904. The molecule has 1 heterocycles. The zero-order chi connectivity index (χ0) is 14.0. The van der Waals surface area contributed by atoms with E-state index in [0.29, 0.717) is 12.5 Å². The third-order valence-corrected chi connectivity index (χ3v) is 3.41. The number of hydrogen-bond acceptors (Lipinski definition) is 2. The van der Waals surface area contributed by atoms with Crippen molar-refractivity contribution >= 4 is 11.8 Å². The topological polar surface area (TPSA) is 49.4 Å². The van der Waals surface area contributed by atoms with Crippen LogP contribution < -0.4 is 5.32 Å². The van der Waals surface area contributed by atoms with E-state index in [1.54, 1.807) is 4.90 Å². The van der Waals surface area contributed by atoms with Crippen LogP contribution in [0.4, 0.5) is 4.79 Å². The minimum absolute atomic E-state index is 0.00551. The second-order valence-electron chi connectivity index (χ2n) is 5.41. The van der Waals surface area contributed by atoms with Crippen molar-refractivity contribution < 1.29 is 9.59 Å². The molecule has 1 unspecified atom stereocenters. The molecule has 19 heavy (non-hydrogen) atoms. The van der Waals surface area contributed by atoms with Gasteiger partial charge in [-0.1, -0.05) is 38.1 Å². The molecule has 1 saturated heterocycles. The fourth-order valence-electron chi connectivity index (χ4n) is 2.30. The molecule has 1 N–H and O–H groups in total. The molecule has 0 radical (unpaired) electrons. The third-order valence-electron chi connectivity index (χ3n) is 3.41. The number of carbonyl (C=O) groups excluding carboxylic acids is 2. The van der Waals surface area contributed by atoms with Gasteiger partial charge in [-0.05, 0) is 24.0 Å². The molecule has 4 heteroatoms. The standard InChI is InChI=1S/C15H20N2O2/c1-10(2)12-4-6-13(7-5-12)14-9-17(8-11(3)18)15(19)16-14/h4-7,10,14H,8-9H2,1-3H3,(H,16,19). The molecule has 1 aliphatic heterocycles. The zero-order valence-corrected chi connectivity index (χ0v) is 11.6. The Morgan fingerprint density at radius 2 is 2.00 bits per heavy atom. The molecule has 1 aromatic carbocycles. The first-order valence-electron chi connectivity index (χ1n) is 6.62. The highest BCUT2D eigenvalue weighted by molar-refractivity contribution is 5.85. The van der Waals surface area contributed by atoms with Crippen molar-refractivity contribution in [3.63, 3.8) is 0 Å². The Morgan fingerprint density at radius 3 is 2.53 bits per heavy atom. The van der Waals surface area contributed by atoms with E-state index in [1.165, 1.54) is 12.5 Å². The van der Waals surface area contributed by atoms with E-state index in [1.807, 2.05) is 0 Å². The Morgan fingerprint density at radius 1 is 1.37 bits per heavy atom. The van der Waals surface area contributed by atoms with Gasteiger partial charge in [-0.15, -0.1) is 0 Å². The van der Waals surface area contributed by atoms with Crippen molar-refractivity contribution in [2.24, 2.45) is 0 Å². The van der Waals surface area contributed by atoms with Crippen LogP contribution in [0.25, 0.3) is 0 Å². The van der Waals surface area contributed by atoms with Crippen LogP contribution >= 0.6 is 0 Å². The monoisotopic (exact) mass is 260 g/mol. The normalized spacial score (nSPS) is 18.8. The number of amides is 2. The molecule has 0 bridgehead atoms. The maximum Gasteiger partial charge on any atom is 0.318 e. The maximum atomic E-state index is 11.7. The molecule has 1 aromatic rings. The number of rotatable bonds is 4. The summed E-state index contributed by atoms with van der Waals surface area (Å²) in [6.07, 6.45) is 0. The lowest BCUT2D eigenvalue weighted by Crippen LogP contribution is -2.32. The first-order chi connectivity index (χ1) is 8.97. The number of nitrogens with zero attached hydrogens (tertiary/aromatic N) is 1. The Bertz CT molecular complexity index is 479. The number of ketones is 1. The summed E-state index contributed by atoms with van der Waals surface area (Å²) in [5.74, 6) is 0.507. The van der Waals surface area contributed by atoms with Gasteiger partial charge >= 0.3 is 6.03 Å². The Balaban J connectivity index is 2.07. The van der Waals surface area contributed by atoms with Crippen molar-refractivity contribution in [1.29, 1.82) is 0 Å². The van der Waals surface area contributed by atoms with Gasteiger partial charge in [0.2, 0.25) is 0 Å². The van der Waals surface area contributed by atoms with Gasteiger partial charge in [0.1, 0.15) is 5.78 Å². The molecule has 0 aromatic heterocycles. The Hall–Kier alpha value is -1.84. The molecule has 0 spiro atoms. The maximum absolute atomic E-state index is 11.7. The lowest BCUT2D eigenvalue weighted by molar-refractivity contribution is -0.117. The van der Waals surface area contributed by atoms with Gasteiger partial charge in [-0.2, -0.15) is 0 Å². The van der Waals surface area contributed by atoms with Crippen LogP contribution in [-0.2, 0) is 4.79 Å². The summed E-state index contributed by atoms with van der Waals surface area (Å²) >= 11 is 0. The summed E-state index contributed by atoms with van der Waals surface area (Å²) < 4.78 is 0. The second kappa shape index (κ2) is 5.43. The van der Waals surface area contributed by atoms with Crippen LogP contribution in [0, 0.1) is 0 Å². The molecule has 2 amide bonds. The van der Waals surface area contributed by atoms with E-state index in [2.05, 4.69) is 43.4 Å². The van der Waals surface area contributed by atoms with Crippen molar-refractivity contribution in [1.82, 2.24) is 10.2 Å². The van der Waals surface area contributed by atoms with Gasteiger partial charge in [-0.25, -0.2) is 4.79 Å².